The fraction of sp³-hybridized carbons (Fsp3) is 0.786. The standard InChI is InChI=1S/C14H26N4S/c1-3-5-13(10-15)17-6-8-18(9-7-17)14-16-12(4-2)11-19-14/h11,13H,3-10,15H2,1-2H3. The minimum Gasteiger partial charge on any atom is -0.346 e. The molecule has 1 fully saturated rings. The maximum absolute atomic E-state index is 5.89. The first-order valence-corrected chi connectivity index (χ1v) is 8.29. The first-order valence-electron chi connectivity index (χ1n) is 7.41. The number of hydrogen-bond donors (Lipinski definition) is 1. The summed E-state index contributed by atoms with van der Waals surface area (Å²) < 4.78 is 0. The molecule has 0 aliphatic carbocycles. The highest BCUT2D eigenvalue weighted by Crippen LogP contribution is 2.22. The Morgan fingerprint density at radius 2 is 2.05 bits per heavy atom. The molecular weight excluding hydrogens is 256 g/mol. The van der Waals surface area contributed by atoms with Gasteiger partial charge in [0.1, 0.15) is 0 Å². The first-order chi connectivity index (χ1) is 9.28. The van der Waals surface area contributed by atoms with Crippen LogP contribution in [-0.4, -0.2) is 48.6 Å². The molecule has 1 aromatic rings. The van der Waals surface area contributed by atoms with Crippen LogP contribution < -0.4 is 10.6 Å². The summed E-state index contributed by atoms with van der Waals surface area (Å²) in [5.41, 5.74) is 7.11. The Kier molecular flexibility index (Phi) is 5.60. The molecule has 4 nitrogen and oxygen atoms in total. The van der Waals surface area contributed by atoms with Crippen LogP contribution in [0.25, 0.3) is 0 Å². The molecule has 1 saturated heterocycles. The molecule has 1 atom stereocenters. The number of nitrogens with zero attached hydrogens (tertiary/aromatic N) is 3. The summed E-state index contributed by atoms with van der Waals surface area (Å²) in [6, 6.07) is 0.564. The summed E-state index contributed by atoms with van der Waals surface area (Å²) in [4.78, 5) is 9.65. The third-order valence-electron chi connectivity index (χ3n) is 3.90. The molecule has 1 unspecified atom stereocenters. The van der Waals surface area contributed by atoms with Crippen LogP contribution in [0.1, 0.15) is 32.4 Å². The van der Waals surface area contributed by atoms with Gasteiger partial charge in [0.05, 0.1) is 5.69 Å². The molecule has 5 heteroatoms. The van der Waals surface area contributed by atoms with Gasteiger partial charge in [0.15, 0.2) is 5.13 Å². The Morgan fingerprint density at radius 1 is 1.32 bits per heavy atom. The van der Waals surface area contributed by atoms with Crippen molar-refractivity contribution in [2.75, 3.05) is 37.6 Å². The molecule has 2 heterocycles. The molecule has 2 N–H and O–H groups in total. The number of hydrogen-bond acceptors (Lipinski definition) is 5. The molecule has 2 rings (SSSR count). The SMILES string of the molecule is CCCC(CN)N1CCN(c2nc(CC)cs2)CC1. The number of aromatic nitrogens is 1. The normalized spacial score (nSPS) is 18.8. The topological polar surface area (TPSA) is 45.4 Å². The summed E-state index contributed by atoms with van der Waals surface area (Å²) in [7, 11) is 0. The predicted molar refractivity (Wildman–Crippen MR) is 83.0 cm³/mol. The highest BCUT2D eigenvalue weighted by atomic mass is 32.1. The number of nitrogens with two attached hydrogens (primary N) is 1. The van der Waals surface area contributed by atoms with Crippen molar-refractivity contribution in [1.29, 1.82) is 0 Å². The molecule has 19 heavy (non-hydrogen) atoms. The van der Waals surface area contributed by atoms with Gasteiger partial charge >= 0.3 is 0 Å². The molecule has 1 aliphatic rings. The largest absolute Gasteiger partial charge is 0.346 e. The molecule has 1 aliphatic heterocycles. The Hall–Kier alpha value is -0.650. The van der Waals surface area contributed by atoms with E-state index < -0.39 is 0 Å². The molecule has 0 saturated carbocycles. The lowest BCUT2D eigenvalue weighted by molar-refractivity contribution is 0.179. The van der Waals surface area contributed by atoms with E-state index in [-0.39, 0.29) is 0 Å². The molecular formula is C14H26N4S. The second kappa shape index (κ2) is 7.22. The van der Waals surface area contributed by atoms with Crippen LogP contribution in [0.15, 0.2) is 5.38 Å². The van der Waals surface area contributed by atoms with E-state index in [1.165, 1.54) is 23.7 Å². The van der Waals surface area contributed by atoms with Crippen molar-refractivity contribution in [2.45, 2.75) is 39.2 Å². The van der Waals surface area contributed by atoms with Crippen molar-refractivity contribution >= 4 is 16.5 Å². The van der Waals surface area contributed by atoms with E-state index in [0.717, 1.165) is 39.1 Å². The third-order valence-corrected chi connectivity index (χ3v) is 4.85. The van der Waals surface area contributed by atoms with Crippen molar-refractivity contribution in [2.24, 2.45) is 5.73 Å². The van der Waals surface area contributed by atoms with Gasteiger partial charge in [-0.05, 0) is 12.8 Å². The summed E-state index contributed by atoms with van der Waals surface area (Å²) in [6.45, 7) is 9.57. The van der Waals surface area contributed by atoms with Crippen molar-refractivity contribution in [3.8, 4) is 0 Å². The fourth-order valence-electron chi connectivity index (χ4n) is 2.66. The van der Waals surface area contributed by atoms with Crippen LogP contribution in [0.2, 0.25) is 0 Å². The summed E-state index contributed by atoms with van der Waals surface area (Å²) in [6.07, 6.45) is 3.46. The zero-order valence-electron chi connectivity index (χ0n) is 12.1. The van der Waals surface area contributed by atoms with E-state index in [1.807, 2.05) is 0 Å². The molecule has 108 valence electrons. The monoisotopic (exact) mass is 282 g/mol. The van der Waals surface area contributed by atoms with Crippen LogP contribution in [0.3, 0.4) is 0 Å². The van der Waals surface area contributed by atoms with Gasteiger partial charge in [0.2, 0.25) is 0 Å². The second-order valence-electron chi connectivity index (χ2n) is 5.18. The lowest BCUT2D eigenvalue weighted by Crippen LogP contribution is -2.52. The van der Waals surface area contributed by atoms with Crippen molar-refractivity contribution in [1.82, 2.24) is 9.88 Å². The highest BCUT2D eigenvalue weighted by Gasteiger charge is 2.23. The quantitative estimate of drug-likeness (QED) is 0.866. The van der Waals surface area contributed by atoms with Crippen molar-refractivity contribution in [3.63, 3.8) is 0 Å². The number of piperazine rings is 1. The number of thiazole rings is 1. The summed E-state index contributed by atoms with van der Waals surface area (Å²) in [5.74, 6) is 0. The lowest BCUT2D eigenvalue weighted by atomic mass is 10.1. The lowest BCUT2D eigenvalue weighted by Gasteiger charge is -2.38. The van der Waals surface area contributed by atoms with Gasteiger partial charge in [-0.3, -0.25) is 4.90 Å². The summed E-state index contributed by atoms with van der Waals surface area (Å²) >= 11 is 1.78. The van der Waals surface area contributed by atoms with Crippen LogP contribution >= 0.6 is 11.3 Å². The van der Waals surface area contributed by atoms with Gasteiger partial charge in [-0.25, -0.2) is 4.98 Å². The van der Waals surface area contributed by atoms with Crippen LogP contribution in [0, 0.1) is 0 Å². The smallest absolute Gasteiger partial charge is 0.185 e. The van der Waals surface area contributed by atoms with E-state index in [1.54, 1.807) is 11.3 Å². The van der Waals surface area contributed by atoms with Gasteiger partial charge in [0, 0.05) is 44.1 Å². The van der Waals surface area contributed by atoms with E-state index >= 15 is 0 Å². The number of aryl methyl sites for hydroxylation is 1. The molecule has 0 amide bonds. The maximum atomic E-state index is 5.89. The van der Waals surface area contributed by atoms with Gasteiger partial charge in [0.25, 0.3) is 0 Å². The molecule has 0 radical (unpaired) electrons. The zero-order valence-corrected chi connectivity index (χ0v) is 13.0. The van der Waals surface area contributed by atoms with E-state index in [0.29, 0.717) is 6.04 Å². The average Bonchev–Trinajstić information content (AvgIpc) is 2.94. The molecule has 1 aromatic heterocycles. The van der Waals surface area contributed by atoms with E-state index in [4.69, 9.17) is 5.73 Å². The third kappa shape index (κ3) is 3.68. The predicted octanol–water partition coefficient (Wildman–Crippen LogP) is 1.95. The van der Waals surface area contributed by atoms with Gasteiger partial charge < -0.3 is 10.6 Å². The van der Waals surface area contributed by atoms with Gasteiger partial charge in [-0.1, -0.05) is 20.3 Å². The first kappa shape index (κ1) is 14.8. The average molecular weight is 282 g/mol. The Balaban J connectivity index is 1.87. The van der Waals surface area contributed by atoms with E-state index in [9.17, 15) is 0 Å². The van der Waals surface area contributed by atoms with Gasteiger partial charge in [-0.15, -0.1) is 11.3 Å². The fourth-order valence-corrected chi connectivity index (χ4v) is 3.63. The second-order valence-corrected chi connectivity index (χ2v) is 6.01. The van der Waals surface area contributed by atoms with E-state index in [2.05, 4.69) is 34.0 Å². The van der Waals surface area contributed by atoms with Crippen molar-refractivity contribution < 1.29 is 0 Å². The Labute approximate surface area is 120 Å². The number of anilines is 1. The van der Waals surface area contributed by atoms with Crippen molar-refractivity contribution in [3.05, 3.63) is 11.1 Å². The Morgan fingerprint density at radius 3 is 2.58 bits per heavy atom. The minimum atomic E-state index is 0.564. The number of rotatable bonds is 6. The highest BCUT2D eigenvalue weighted by molar-refractivity contribution is 7.13. The van der Waals surface area contributed by atoms with Crippen LogP contribution in [-0.2, 0) is 6.42 Å². The zero-order chi connectivity index (χ0) is 13.7. The van der Waals surface area contributed by atoms with Crippen LogP contribution in [0.5, 0.6) is 0 Å². The Bertz CT molecular complexity index is 371. The molecule has 0 bridgehead atoms. The minimum absolute atomic E-state index is 0.564. The molecule has 0 aromatic carbocycles. The van der Waals surface area contributed by atoms with Crippen LogP contribution in [0.4, 0.5) is 5.13 Å². The maximum Gasteiger partial charge on any atom is 0.185 e. The summed E-state index contributed by atoms with van der Waals surface area (Å²) in [5, 5.41) is 3.37. The van der Waals surface area contributed by atoms with Gasteiger partial charge in [-0.2, -0.15) is 0 Å². The molecule has 0 spiro atoms.